The second kappa shape index (κ2) is 2.71. The number of hydrogen-bond donors (Lipinski definition) is 1. The third-order valence-corrected chi connectivity index (χ3v) is 3.77. The summed E-state index contributed by atoms with van der Waals surface area (Å²) in [6, 6.07) is 0. The smallest absolute Gasteiger partial charge is 0.230 e. The molecular formula is C9H12ClNO2. The molecule has 2 aliphatic carbocycles. The number of amides is 2. The van der Waals surface area contributed by atoms with Crippen molar-refractivity contribution >= 4 is 24.2 Å². The van der Waals surface area contributed by atoms with Crippen molar-refractivity contribution in [3.8, 4) is 0 Å². The van der Waals surface area contributed by atoms with Crippen molar-refractivity contribution in [2.75, 3.05) is 0 Å². The molecule has 0 aromatic heterocycles. The highest BCUT2D eigenvalue weighted by Gasteiger charge is 2.57. The molecule has 3 nitrogen and oxygen atoms in total. The molecule has 2 amide bonds. The van der Waals surface area contributed by atoms with Gasteiger partial charge in [-0.05, 0) is 31.1 Å². The first kappa shape index (κ1) is 9.00. The SMILES string of the molecule is Cl.O=C1NC(=O)C2C3CCC(C3)C12. The normalized spacial score (nSPS) is 45.8. The molecule has 0 aromatic rings. The third-order valence-electron chi connectivity index (χ3n) is 3.77. The minimum Gasteiger partial charge on any atom is -0.296 e. The van der Waals surface area contributed by atoms with Gasteiger partial charge in [0.2, 0.25) is 11.8 Å². The molecule has 2 bridgehead atoms. The van der Waals surface area contributed by atoms with Gasteiger partial charge >= 0.3 is 0 Å². The number of imide groups is 1. The molecule has 3 rings (SSSR count). The standard InChI is InChI=1S/C9H11NO2.ClH/c11-8-6-4-1-2-5(3-4)7(6)9(12)10-8;/h4-7H,1-3H2,(H,10,11,12);1H. The lowest BCUT2D eigenvalue weighted by atomic mass is 9.81. The Kier molecular flexibility index (Phi) is 1.88. The molecule has 2 saturated carbocycles. The number of fused-ring (bicyclic) bond motifs is 5. The van der Waals surface area contributed by atoms with E-state index in [-0.39, 0.29) is 36.1 Å². The maximum absolute atomic E-state index is 11.3. The second-order valence-electron chi connectivity index (χ2n) is 4.24. The van der Waals surface area contributed by atoms with E-state index in [9.17, 15) is 9.59 Å². The van der Waals surface area contributed by atoms with Crippen molar-refractivity contribution in [3.05, 3.63) is 0 Å². The summed E-state index contributed by atoms with van der Waals surface area (Å²) < 4.78 is 0. The number of carbonyl (C=O) groups is 2. The van der Waals surface area contributed by atoms with Gasteiger partial charge in [-0.3, -0.25) is 14.9 Å². The summed E-state index contributed by atoms with van der Waals surface area (Å²) in [7, 11) is 0. The molecule has 1 N–H and O–H groups in total. The second-order valence-corrected chi connectivity index (χ2v) is 4.24. The molecule has 4 unspecified atom stereocenters. The maximum atomic E-state index is 11.3. The van der Waals surface area contributed by atoms with Gasteiger partial charge in [0, 0.05) is 0 Å². The Morgan fingerprint density at radius 3 is 1.92 bits per heavy atom. The minimum atomic E-state index is -0.00259. The lowest BCUT2D eigenvalue weighted by Crippen LogP contribution is -2.24. The van der Waals surface area contributed by atoms with Gasteiger partial charge in [-0.2, -0.15) is 0 Å². The summed E-state index contributed by atoms with van der Waals surface area (Å²) in [5, 5.41) is 2.44. The highest BCUT2D eigenvalue weighted by Crippen LogP contribution is 2.54. The van der Waals surface area contributed by atoms with Crippen LogP contribution < -0.4 is 5.32 Å². The van der Waals surface area contributed by atoms with E-state index in [1.54, 1.807) is 0 Å². The van der Waals surface area contributed by atoms with Crippen molar-refractivity contribution < 1.29 is 9.59 Å². The molecule has 0 spiro atoms. The van der Waals surface area contributed by atoms with Crippen LogP contribution in [0.4, 0.5) is 0 Å². The fourth-order valence-corrected chi connectivity index (χ4v) is 3.33. The van der Waals surface area contributed by atoms with E-state index in [0.29, 0.717) is 11.8 Å². The Hall–Kier alpha value is -0.570. The van der Waals surface area contributed by atoms with Crippen LogP contribution in [0.3, 0.4) is 0 Å². The predicted molar refractivity (Wildman–Crippen MR) is 48.2 cm³/mol. The Morgan fingerprint density at radius 2 is 1.46 bits per heavy atom. The summed E-state index contributed by atoms with van der Waals surface area (Å²) in [5.74, 6) is 1.14. The van der Waals surface area contributed by atoms with Crippen LogP contribution in [0.1, 0.15) is 19.3 Å². The monoisotopic (exact) mass is 201 g/mol. The molecule has 0 radical (unpaired) electrons. The van der Waals surface area contributed by atoms with Gasteiger partial charge in [-0.1, -0.05) is 0 Å². The number of nitrogens with one attached hydrogen (secondary N) is 1. The average Bonchev–Trinajstić information content (AvgIpc) is 2.64. The number of carbonyl (C=O) groups excluding carboxylic acids is 2. The quantitative estimate of drug-likeness (QED) is 0.588. The molecule has 13 heavy (non-hydrogen) atoms. The molecule has 4 atom stereocenters. The largest absolute Gasteiger partial charge is 0.296 e. The Bertz CT molecular complexity index is 253. The van der Waals surface area contributed by atoms with Crippen LogP contribution in [0.15, 0.2) is 0 Å². The van der Waals surface area contributed by atoms with Crippen molar-refractivity contribution in [1.29, 1.82) is 0 Å². The fraction of sp³-hybridized carbons (Fsp3) is 0.778. The molecule has 1 saturated heterocycles. The van der Waals surface area contributed by atoms with E-state index in [1.807, 2.05) is 0 Å². The summed E-state index contributed by atoms with van der Waals surface area (Å²) in [5.41, 5.74) is 0. The van der Waals surface area contributed by atoms with Gasteiger partial charge in [0.25, 0.3) is 0 Å². The van der Waals surface area contributed by atoms with Crippen LogP contribution in [0.5, 0.6) is 0 Å². The van der Waals surface area contributed by atoms with Crippen molar-refractivity contribution in [2.24, 2.45) is 23.7 Å². The van der Waals surface area contributed by atoms with Crippen molar-refractivity contribution in [2.45, 2.75) is 19.3 Å². The molecule has 3 fully saturated rings. The molecular weight excluding hydrogens is 190 g/mol. The summed E-state index contributed by atoms with van der Waals surface area (Å²) in [4.78, 5) is 22.6. The van der Waals surface area contributed by atoms with Gasteiger partial charge in [-0.25, -0.2) is 0 Å². The molecule has 1 aliphatic heterocycles. The Balaban J connectivity index is 0.000000653. The van der Waals surface area contributed by atoms with Crippen LogP contribution in [0.2, 0.25) is 0 Å². The number of halogens is 1. The zero-order valence-electron chi connectivity index (χ0n) is 7.16. The molecule has 3 aliphatic rings. The summed E-state index contributed by atoms with van der Waals surface area (Å²) in [6.45, 7) is 0. The maximum Gasteiger partial charge on any atom is 0.230 e. The third kappa shape index (κ3) is 0.966. The Labute approximate surface area is 82.7 Å². The first-order chi connectivity index (χ1) is 5.77. The molecule has 0 aromatic carbocycles. The molecule has 72 valence electrons. The van der Waals surface area contributed by atoms with E-state index in [4.69, 9.17) is 0 Å². The van der Waals surface area contributed by atoms with Gasteiger partial charge in [0.15, 0.2) is 0 Å². The Morgan fingerprint density at radius 1 is 1.00 bits per heavy atom. The lowest BCUT2D eigenvalue weighted by Gasteiger charge is -2.19. The zero-order valence-corrected chi connectivity index (χ0v) is 7.97. The van der Waals surface area contributed by atoms with E-state index in [1.165, 1.54) is 0 Å². The van der Waals surface area contributed by atoms with E-state index >= 15 is 0 Å². The van der Waals surface area contributed by atoms with E-state index < -0.39 is 0 Å². The van der Waals surface area contributed by atoms with E-state index in [2.05, 4.69) is 5.32 Å². The zero-order chi connectivity index (χ0) is 8.29. The number of hydrogen-bond acceptors (Lipinski definition) is 2. The molecule has 4 heteroatoms. The summed E-state index contributed by atoms with van der Waals surface area (Å²) >= 11 is 0. The van der Waals surface area contributed by atoms with Crippen molar-refractivity contribution in [1.82, 2.24) is 5.32 Å². The molecule has 1 heterocycles. The number of rotatable bonds is 0. The van der Waals surface area contributed by atoms with Crippen LogP contribution in [0.25, 0.3) is 0 Å². The first-order valence-corrected chi connectivity index (χ1v) is 4.62. The van der Waals surface area contributed by atoms with Gasteiger partial charge in [0.05, 0.1) is 11.8 Å². The van der Waals surface area contributed by atoms with Gasteiger partial charge in [-0.15, -0.1) is 12.4 Å². The predicted octanol–water partition coefficient (Wildman–Crippen LogP) is 0.727. The minimum absolute atomic E-state index is 0. The average molecular weight is 202 g/mol. The van der Waals surface area contributed by atoms with Gasteiger partial charge < -0.3 is 0 Å². The summed E-state index contributed by atoms with van der Waals surface area (Å²) in [6.07, 6.45) is 3.44. The van der Waals surface area contributed by atoms with Crippen LogP contribution in [-0.4, -0.2) is 11.8 Å². The van der Waals surface area contributed by atoms with Crippen LogP contribution in [0, 0.1) is 23.7 Å². The van der Waals surface area contributed by atoms with E-state index in [0.717, 1.165) is 19.3 Å². The van der Waals surface area contributed by atoms with Crippen LogP contribution >= 0.6 is 12.4 Å². The highest BCUT2D eigenvalue weighted by atomic mass is 35.5. The lowest BCUT2D eigenvalue weighted by molar-refractivity contribution is -0.126. The topological polar surface area (TPSA) is 46.2 Å². The fourth-order valence-electron chi connectivity index (χ4n) is 3.33. The van der Waals surface area contributed by atoms with Crippen LogP contribution in [-0.2, 0) is 9.59 Å². The highest BCUT2D eigenvalue weighted by molar-refractivity contribution is 6.05. The van der Waals surface area contributed by atoms with Gasteiger partial charge in [0.1, 0.15) is 0 Å². The van der Waals surface area contributed by atoms with Crippen molar-refractivity contribution in [3.63, 3.8) is 0 Å². The first-order valence-electron chi connectivity index (χ1n) is 4.62.